The summed E-state index contributed by atoms with van der Waals surface area (Å²) >= 11 is 0. The molecule has 0 radical (unpaired) electrons. The quantitative estimate of drug-likeness (QED) is 0.869. The molecule has 0 unspecified atom stereocenters. The van der Waals surface area contributed by atoms with Crippen molar-refractivity contribution in [1.29, 1.82) is 0 Å². The van der Waals surface area contributed by atoms with Crippen LogP contribution in [0, 0.1) is 0 Å². The van der Waals surface area contributed by atoms with Crippen molar-refractivity contribution in [3.8, 4) is 5.75 Å². The summed E-state index contributed by atoms with van der Waals surface area (Å²) in [6, 6.07) is 5.86. The summed E-state index contributed by atoms with van der Waals surface area (Å²) < 4.78 is 16.4. The Bertz CT molecular complexity index is 598. The second kappa shape index (κ2) is 7.63. The molecule has 3 rings (SSSR count). The first kappa shape index (κ1) is 16.7. The zero-order chi connectivity index (χ0) is 16.9. The van der Waals surface area contributed by atoms with E-state index >= 15 is 0 Å². The van der Waals surface area contributed by atoms with Crippen LogP contribution in [-0.2, 0) is 14.3 Å². The number of amides is 1. The van der Waals surface area contributed by atoms with Crippen LogP contribution in [0.4, 0.5) is 0 Å². The lowest BCUT2D eigenvalue weighted by atomic mass is 10.1. The van der Waals surface area contributed by atoms with Crippen LogP contribution in [0.25, 0.3) is 0 Å². The van der Waals surface area contributed by atoms with E-state index in [0.29, 0.717) is 24.5 Å². The Morgan fingerprint density at radius 2 is 2.21 bits per heavy atom. The average Bonchev–Trinajstić information content (AvgIpc) is 3.13. The molecule has 2 aliphatic heterocycles. The molecule has 0 spiro atoms. The zero-order valence-corrected chi connectivity index (χ0v) is 13.3. The number of carbonyl (C=O) groups excluding carboxylic acids is 1. The van der Waals surface area contributed by atoms with Crippen molar-refractivity contribution in [2.45, 2.75) is 25.0 Å². The molecule has 2 fully saturated rings. The third-order valence-corrected chi connectivity index (χ3v) is 4.22. The van der Waals surface area contributed by atoms with Gasteiger partial charge in [-0.2, -0.15) is 0 Å². The highest BCUT2D eigenvalue weighted by molar-refractivity contribution is 5.97. The minimum absolute atomic E-state index is 0.0102. The summed E-state index contributed by atoms with van der Waals surface area (Å²) in [7, 11) is 0. The number of hydrogen-bond donors (Lipinski definition) is 1. The topological polar surface area (TPSA) is 85.3 Å². The van der Waals surface area contributed by atoms with E-state index in [9.17, 15) is 14.7 Å². The molecule has 0 aliphatic carbocycles. The molecule has 0 aromatic heterocycles. The summed E-state index contributed by atoms with van der Waals surface area (Å²) in [5.74, 6) is -0.807. The van der Waals surface area contributed by atoms with Crippen LogP contribution < -0.4 is 4.74 Å². The highest BCUT2D eigenvalue weighted by atomic mass is 16.5. The maximum Gasteiger partial charge on any atom is 0.328 e. The smallest absolute Gasteiger partial charge is 0.328 e. The molecule has 0 saturated carbocycles. The number of nitrogens with zero attached hydrogens (tertiary/aromatic N) is 1. The predicted molar refractivity (Wildman–Crippen MR) is 84.2 cm³/mol. The van der Waals surface area contributed by atoms with Crippen LogP contribution in [-0.4, -0.2) is 67.0 Å². The van der Waals surface area contributed by atoms with E-state index in [1.165, 1.54) is 4.90 Å². The van der Waals surface area contributed by atoms with Crippen LogP contribution in [0.3, 0.4) is 0 Å². The van der Waals surface area contributed by atoms with Crippen molar-refractivity contribution in [2.75, 3.05) is 33.0 Å². The maximum atomic E-state index is 12.7. The fourth-order valence-corrected chi connectivity index (χ4v) is 2.90. The minimum Gasteiger partial charge on any atom is -0.491 e. The van der Waals surface area contributed by atoms with Crippen LogP contribution in [0.5, 0.6) is 5.75 Å². The van der Waals surface area contributed by atoms with Crippen molar-refractivity contribution >= 4 is 11.9 Å². The summed E-state index contributed by atoms with van der Waals surface area (Å²) in [5.41, 5.74) is 0.410. The lowest BCUT2D eigenvalue weighted by molar-refractivity contribution is -0.147. The van der Waals surface area contributed by atoms with E-state index in [-0.39, 0.29) is 25.2 Å². The summed E-state index contributed by atoms with van der Waals surface area (Å²) in [6.07, 6.45) is 2.12. The maximum absolute atomic E-state index is 12.7. The normalized spacial score (nSPS) is 23.9. The average molecular weight is 335 g/mol. The molecular weight excluding hydrogens is 314 g/mol. The molecule has 2 saturated heterocycles. The first-order valence-corrected chi connectivity index (χ1v) is 8.11. The van der Waals surface area contributed by atoms with Gasteiger partial charge in [0.1, 0.15) is 12.4 Å². The van der Waals surface area contributed by atoms with Gasteiger partial charge in [-0.05, 0) is 31.0 Å². The van der Waals surface area contributed by atoms with Gasteiger partial charge in [-0.1, -0.05) is 6.07 Å². The Labute approximate surface area is 140 Å². The van der Waals surface area contributed by atoms with Gasteiger partial charge in [-0.3, -0.25) is 4.79 Å². The Morgan fingerprint density at radius 3 is 2.96 bits per heavy atom. The zero-order valence-electron chi connectivity index (χ0n) is 13.3. The first-order valence-electron chi connectivity index (χ1n) is 8.11. The number of rotatable bonds is 5. The van der Waals surface area contributed by atoms with Crippen molar-refractivity contribution < 1.29 is 28.9 Å². The van der Waals surface area contributed by atoms with Gasteiger partial charge >= 0.3 is 5.97 Å². The number of carboxylic acid groups (broad SMARTS) is 1. The number of benzene rings is 1. The minimum atomic E-state index is -1.06. The van der Waals surface area contributed by atoms with Gasteiger partial charge in [0.2, 0.25) is 0 Å². The molecule has 7 heteroatoms. The molecule has 0 bridgehead atoms. The molecule has 1 N–H and O–H groups in total. The highest BCUT2D eigenvalue weighted by Crippen LogP contribution is 2.19. The number of carbonyl (C=O) groups is 2. The Morgan fingerprint density at radius 1 is 1.33 bits per heavy atom. The molecule has 24 heavy (non-hydrogen) atoms. The molecular formula is C17H21NO6. The molecule has 1 amide bonds. The van der Waals surface area contributed by atoms with Crippen molar-refractivity contribution in [1.82, 2.24) is 4.90 Å². The molecule has 130 valence electrons. The monoisotopic (exact) mass is 335 g/mol. The summed E-state index contributed by atoms with van der Waals surface area (Å²) in [6.45, 7) is 1.82. The van der Waals surface area contributed by atoms with Gasteiger partial charge in [0.05, 0.1) is 19.3 Å². The molecule has 2 atom stereocenters. The van der Waals surface area contributed by atoms with Crippen LogP contribution >= 0.6 is 0 Å². The van der Waals surface area contributed by atoms with Gasteiger partial charge in [0, 0.05) is 18.7 Å². The van der Waals surface area contributed by atoms with Crippen LogP contribution in [0.15, 0.2) is 24.3 Å². The lowest BCUT2D eigenvalue weighted by Gasteiger charge is -2.32. The lowest BCUT2D eigenvalue weighted by Crippen LogP contribution is -2.52. The Hall–Kier alpha value is -2.12. The predicted octanol–water partition coefficient (Wildman–Crippen LogP) is 1.17. The number of morpholine rings is 1. The number of carboxylic acids is 1. The Kier molecular flexibility index (Phi) is 5.32. The van der Waals surface area contributed by atoms with Gasteiger partial charge in [-0.25, -0.2) is 4.79 Å². The molecule has 7 nitrogen and oxygen atoms in total. The van der Waals surface area contributed by atoms with E-state index < -0.39 is 12.0 Å². The number of ether oxygens (including phenoxy) is 3. The van der Waals surface area contributed by atoms with Gasteiger partial charge in [-0.15, -0.1) is 0 Å². The van der Waals surface area contributed by atoms with Crippen molar-refractivity contribution in [2.24, 2.45) is 0 Å². The third-order valence-electron chi connectivity index (χ3n) is 4.22. The van der Waals surface area contributed by atoms with Crippen molar-refractivity contribution in [3.63, 3.8) is 0 Å². The van der Waals surface area contributed by atoms with E-state index in [4.69, 9.17) is 14.2 Å². The molecule has 1 aromatic carbocycles. The second-order valence-corrected chi connectivity index (χ2v) is 5.90. The van der Waals surface area contributed by atoms with E-state index in [1.807, 2.05) is 0 Å². The highest BCUT2D eigenvalue weighted by Gasteiger charge is 2.33. The summed E-state index contributed by atoms with van der Waals surface area (Å²) in [4.78, 5) is 25.3. The van der Waals surface area contributed by atoms with E-state index in [2.05, 4.69) is 0 Å². The van der Waals surface area contributed by atoms with E-state index in [1.54, 1.807) is 24.3 Å². The fourth-order valence-electron chi connectivity index (χ4n) is 2.90. The third kappa shape index (κ3) is 3.85. The molecule has 1 aromatic rings. The largest absolute Gasteiger partial charge is 0.491 e. The SMILES string of the molecule is O=C(O)[C@@H]1COCCN1C(=O)c1cccc(OC[C@H]2CCCO2)c1. The van der Waals surface area contributed by atoms with Gasteiger partial charge in [0.25, 0.3) is 5.91 Å². The standard InChI is InChI=1S/C17H21NO6/c19-16(18-6-8-22-11-15(18)17(20)21)12-3-1-4-13(9-12)24-10-14-5-2-7-23-14/h1,3-4,9,14-15H,2,5-8,10-11H2,(H,20,21)/t14-,15+/m1/s1. The fraction of sp³-hybridized carbons (Fsp3) is 0.529. The first-order chi connectivity index (χ1) is 11.6. The molecule has 2 aliphatic rings. The van der Waals surface area contributed by atoms with Crippen LogP contribution in [0.1, 0.15) is 23.2 Å². The van der Waals surface area contributed by atoms with Gasteiger partial charge in [0.15, 0.2) is 6.04 Å². The summed E-state index contributed by atoms with van der Waals surface area (Å²) in [5, 5.41) is 9.25. The number of hydrogen-bond acceptors (Lipinski definition) is 5. The Balaban J connectivity index is 1.67. The van der Waals surface area contributed by atoms with Gasteiger partial charge < -0.3 is 24.2 Å². The second-order valence-electron chi connectivity index (χ2n) is 5.90. The van der Waals surface area contributed by atoms with Crippen LogP contribution in [0.2, 0.25) is 0 Å². The van der Waals surface area contributed by atoms with E-state index in [0.717, 1.165) is 19.4 Å². The number of aliphatic carboxylic acids is 1. The van der Waals surface area contributed by atoms with Crippen molar-refractivity contribution in [3.05, 3.63) is 29.8 Å². The molecule has 2 heterocycles.